The van der Waals surface area contributed by atoms with E-state index in [0.29, 0.717) is 22.6 Å². The van der Waals surface area contributed by atoms with Gasteiger partial charge in [0.2, 0.25) is 0 Å². The van der Waals surface area contributed by atoms with Gasteiger partial charge in [0.05, 0.1) is 4.47 Å². The van der Waals surface area contributed by atoms with Crippen molar-refractivity contribution in [1.82, 2.24) is 5.32 Å². The number of amides is 2. The number of rotatable bonds is 3. The summed E-state index contributed by atoms with van der Waals surface area (Å²) in [4.78, 5) is 11.5. The highest BCUT2D eigenvalue weighted by atomic mass is 79.9. The summed E-state index contributed by atoms with van der Waals surface area (Å²) in [6.45, 7) is 6.40. The quantitative estimate of drug-likeness (QED) is 0.879. The zero-order valence-corrected chi connectivity index (χ0v) is 11.7. The molecule has 0 fully saturated rings. The van der Waals surface area contributed by atoms with Crippen LogP contribution in [0.15, 0.2) is 16.6 Å². The van der Waals surface area contributed by atoms with Crippen molar-refractivity contribution in [3.8, 4) is 0 Å². The summed E-state index contributed by atoms with van der Waals surface area (Å²) in [5.74, 6) is -0.0155. The van der Waals surface area contributed by atoms with Gasteiger partial charge in [-0.05, 0) is 46.5 Å². The minimum absolute atomic E-state index is 0.316. The summed E-state index contributed by atoms with van der Waals surface area (Å²) >= 11 is 3.09. The molecule has 0 radical (unpaired) electrons. The molecule has 2 N–H and O–H groups in total. The second kappa shape index (κ2) is 6.00. The zero-order valence-electron chi connectivity index (χ0n) is 10.1. The summed E-state index contributed by atoms with van der Waals surface area (Å²) in [7, 11) is 0. The third kappa shape index (κ3) is 4.34. The molecule has 1 aromatic rings. The van der Waals surface area contributed by atoms with E-state index < -0.39 is 5.82 Å². The lowest BCUT2D eigenvalue weighted by Gasteiger charge is -2.11. The van der Waals surface area contributed by atoms with E-state index in [-0.39, 0.29) is 6.03 Å². The molecule has 0 heterocycles. The normalized spacial score (nSPS) is 10.5. The molecule has 94 valence electrons. The average molecular weight is 303 g/mol. The highest BCUT2D eigenvalue weighted by molar-refractivity contribution is 9.10. The SMILES string of the molecule is Cc1cc(Br)c(F)cc1NC(=O)NCC(C)C. The van der Waals surface area contributed by atoms with Crippen molar-refractivity contribution in [3.63, 3.8) is 0 Å². The maximum Gasteiger partial charge on any atom is 0.319 e. The first-order chi connectivity index (χ1) is 7.90. The molecule has 1 rings (SSSR count). The van der Waals surface area contributed by atoms with Gasteiger partial charge in [0.15, 0.2) is 0 Å². The molecule has 0 unspecified atom stereocenters. The lowest BCUT2D eigenvalue weighted by atomic mass is 10.2. The van der Waals surface area contributed by atoms with E-state index in [1.54, 1.807) is 6.07 Å². The van der Waals surface area contributed by atoms with Gasteiger partial charge in [-0.1, -0.05) is 13.8 Å². The van der Waals surface area contributed by atoms with Gasteiger partial charge >= 0.3 is 6.03 Å². The molecule has 0 bridgehead atoms. The Morgan fingerprint density at radius 3 is 2.71 bits per heavy atom. The van der Waals surface area contributed by atoms with E-state index in [4.69, 9.17) is 0 Å². The standard InChI is InChI=1S/C12H16BrFN2O/c1-7(2)6-15-12(17)16-11-5-10(14)9(13)4-8(11)3/h4-5,7H,6H2,1-3H3,(H2,15,16,17). The zero-order chi connectivity index (χ0) is 13.0. The second-order valence-corrected chi connectivity index (χ2v) is 5.16. The van der Waals surface area contributed by atoms with Crippen LogP contribution in [0, 0.1) is 18.7 Å². The van der Waals surface area contributed by atoms with Crippen LogP contribution in [0.1, 0.15) is 19.4 Å². The molecule has 1 aromatic carbocycles. The van der Waals surface area contributed by atoms with E-state index in [0.717, 1.165) is 5.56 Å². The minimum Gasteiger partial charge on any atom is -0.338 e. The summed E-state index contributed by atoms with van der Waals surface area (Å²) in [6.07, 6.45) is 0. The Hall–Kier alpha value is -1.10. The predicted molar refractivity (Wildman–Crippen MR) is 70.7 cm³/mol. The predicted octanol–water partition coefficient (Wildman–Crippen LogP) is 3.67. The maximum atomic E-state index is 13.3. The van der Waals surface area contributed by atoms with Crippen molar-refractivity contribution in [2.24, 2.45) is 5.92 Å². The van der Waals surface area contributed by atoms with Crippen molar-refractivity contribution in [2.75, 3.05) is 11.9 Å². The van der Waals surface area contributed by atoms with Crippen molar-refractivity contribution in [3.05, 3.63) is 28.0 Å². The maximum absolute atomic E-state index is 13.3. The molecular formula is C12H16BrFN2O. The van der Waals surface area contributed by atoms with Crippen LogP contribution in [-0.4, -0.2) is 12.6 Å². The van der Waals surface area contributed by atoms with Gasteiger partial charge in [-0.3, -0.25) is 0 Å². The van der Waals surface area contributed by atoms with Crippen molar-refractivity contribution in [2.45, 2.75) is 20.8 Å². The van der Waals surface area contributed by atoms with Gasteiger partial charge in [-0.25, -0.2) is 9.18 Å². The van der Waals surface area contributed by atoms with Crippen LogP contribution < -0.4 is 10.6 Å². The first-order valence-corrected chi connectivity index (χ1v) is 6.20. The largest absolute Gasteiger partial charge is 0.338 e. The number of benzene rings is 1. The van der Waals surface area contributed by atoms with Crippen molar-refractivity contribution < 1.29 is 9.18 Å². The Bertz CT molecular complexity index is 421. The van der Waals surface area contributed by atoms with E-state index >= 15 is 0 Å². The topological polar surface area (TPSA) is 41.1 Å². The van der Waals surface area contributed by atoms with Gasteiger partial charge in [-0.15, -0.1) is 0 Å². The van der Waals surface area contributed by atoms with Crippen LogP contribution in [0.2, 0.25) is 0 Å². The third-order valence-electron chi connectivity index (χ3n) is 2.19. The molecule has 0 aliphatic heterocycles. The molecule has 0 saturated carbocycles. The van der Waals surface area contributed by atoms with E-state index in [9.17, 15) is 9.18 Å². The lowest BCUT2D eigenvalue weighted by molar-refractivity contribution is 0.251. The first-order valence-electron chi connectivity index (χ1n) is 5.40. The Labute approximate surface area is 109 Å². The molecule has 2 amide bonds. The number of nitrogens with one attached hydrogen (secondary N) is 2. The van der Waals surface area contributed by atoms with Crippen LogP contribution in [0.4, 0.5) is 14.9 Å². The molecule has 0 aliphatic carbocycles. The fourth-order valence-electron chi connectivity index (χ4n) is 1.24. The second-order valence-electron chi connectivity index (χ2n) is 4.31. The summed E-state index contributed by atoms with van der Waals surface area (Å²) < 4.78 is 13.7. The van der Waals surface area contributed by atoms with Gasteiger partial charge in [-0.2, -0.15) is 0 Å². The number of carbonyl (C=O) groups is 1. The Kier molecular flexibility index (Phi) is 4.93. The smallest absolute Gasteiger partial charge is 0.319 e. The first kappa shape index (κ1) is 14.0. The Balaban J connectivity index is 2.68. The van der Waals surface area contributed by atoms with E-state index in [1.165, 1.54) is 6.07 Å². The molecule has 3 nitrogen and oxygen atoms in total. The molecule has 0 atom stereocenters. The molecular weight excluding hydrogens is 287 g/mol. The summed E-state index contributed by atoms with van der Waals surface area (Å²) in [5.41, 5.74) is 1.28. The number of hydrogen-bond acceptors (Lipinski definition) is 1. The number of hydrogen-bond donors (Lipinski definition) is 2. The number of urea groups is 1. The summed E-state index contributed by atoms with van der Waals surface area (Å²) in [6, 6.07) is 2.62. The van der Waals surface area contributed by atoms with Gasteiger partial charge in [0.1, 0.15) is 5.82 Å². The average Bonchev–Trinajstić information content (AvgIpc) is 2.23. The summed E-state index contributed by atoms with van der Waals surface area (Å²) in [5, 5.41) is 5.33. The van der Waals surface area contributed by atoms with Crippen LogP contribution in [0.3, 0.4) is 0 Å². The molecule has 5 heteroatoms. The van der Waals surface area contributed by atoms with Gasteiger partial charge in [0.25, 0.3) is 0 Å². The number of anilines is 1. The highest BCUT2D eigenvalue weighted by Crippen LogP contribution is 2.23. The fraction of sp³-hybridized carbons (Fsp3) is 0.417. The van der Waals surface area contributed by atoms with Crippen molar-refractivity contribution in [1.29, 1.82) is 0 Å². The van der Waals surface area contributed by atoms with Crippen LogP contribution in [0.25, 0.3) is 0 Å². The van der Waals surface area contributed by atoms with Crippen molar-refractivity contribution >= 4 is 27.6 Å². The van der Waals surface area contributed by atoms with Gasteiger partial charge < -0.3 is 10.6 Å². The van der Waals surface area contributed by atoms with E-state index in [2.05, 4.69) is 26.6 Å². The highest BCUT2D eigenvalue weighted by Gasteiger charge is 2.08. The Morgan fingerprint density at radius 1 is 1.47 bits per heavy atom. The van der Waals surface area contributed by atoms with E-state index in [1.807, 2.05) is 20.8 Å². The monoisotopic (exact) mass is 302 g/mol. The van der Waals surface area contributed by atoms with Gasteiger partial charge in [0, 0.05) is 12.2 Å². The molecule has 0 aromatic heterocycles. The molecule has 17 heavy (non-hydrogen) atoms. The Morgan fingerprint density at radius 2 is 2.12 bits per heavy atom. The number of aryl methyl sites for hydroxylation is 1. The number of halogens is 2. The lowest BCUT2D eigenvalue weighted by Crippen LogP contribution is -2.31. The van der Waals surface area contributed by atoms with Crippen LogP contribution in [-0.2, 0) is 0 Å². The molecule has 0 saturated heterocycles. The molecule has 0 aliphatic rings. The van der Waals surface area contributed by atoms with Crippen LogP contribution >= 0.6 is 15.9 Å². The molecule has 0 spiro atoms. The number of carbonyl (C=O) groups excluding carboxylic acids is 1. The minimum atomic E-state index is -0.394. The third-order valence-corrected chi connectivity index (χ3v) is 2.79. The fourth-order valence-corrected chi connectivity index (χ4v) is 1.70. The van der Waals surface area contributed by atoms with Crippen LogP contribution in [0.5, 0.6) is 0 Å².